The predicted octanol–water partition coefficient (Wildman–Crippen LogP) is -2.33. The number of amides is 1. The molecule has 8 heteroatoms. The molecule has 0 bridgehead atoms. The molecular formula is C9H15NO7. The van der Waals surface area contributed by atoms with Crippen LogP contribution in [-0.2, 0) is 19.1 Å². The van der Waals surface area contributed by atoms with Crippen molar-refractivity contribution in [2.24, 2.45) is 0 Å². The Morgan fingerprint density at radius 1 is 1.35 bits per heavy atom. The Balaban J connectivity index is 2.91. The van der Waals surface area contributed by atoms with Crippen LogP contribution in [0.1, 0.15) is 6.92 Å². The summed E-state index contributed by atoms with van der Waals surface area (Å²) >= 11 is 0. The third-order valence-corrected chi connectivity index (χ3v) is 2.48. The molecule has 0 aromatic carbocycles. The van der Waals surface area contributed by atoms with E-state index >= 15 is 0 Å². The molecule has 0 unspecified atom stereocenters. The van der Waals surface area contributed by atoms with Gasteiger partial charge in [-0.1, -0.05) is 0 Å². The second-order valence-electron chi connectivity index (χ2n) is 3.70. The average molecular weight is 249 g/mol. The molecule has 0 aliphatic carbocycles. The summed E-state index contributed by atoms with van der Waals surface area (Å²) in [6, 6.07) is -1.18. The maximum Gasteiger partial charge on any atom is 0.335 e. The quantitative estimate of drug-likeness (QED) is 0.442. The minimum atomic E-state index is -1.57. The van der Waals surface area contributed by atoms with Crippen molar-refractivity contribution in [2.45, 2.75) is 37.6 Å². The fourth-order valence-electron chi connectivity index (χ4n) is 1.73. The second-order valence-corrected chi connectivity index (χ2v) is 3.70. The van der Waals surface area contributed by atoms with Crippen molar-refractivity contribution in [3.8, 4) is 0 Å². The molecule has 0 saturated carbocycles. The van der Waals surface area contributed by atoms with Crippen LogP contribution in [-0.4, -0.2) is 64.9 Å². The highest BCUT2D eigenvalue weighted by Gasteiger charge is 2.48. The highest BCUT2D eigenvalue weighted by Crippen LogP contribution is 2.22. The number of aliphatic hydroxyl groups is 2. The van der Waals surface area contributed by atoms with Crippen LogP contribution in [0.3, 0.4) is 0 Å². The summed E-state index contributed by atoms with van der Waals surface area (Å²) in [5, 5.41) is 30.4. The van der Waals surface area contributed by atoms with Gasteiger partial charge in [0.05, 0.1) is 6.04 Å². The Morgan fingerprint density at radius 3 is 2.35 bits per heavy atom. The SMILES string of the molecule is CO[C@H]1[C@H](O)[C@@H](NC(C)=O)[C@H](C(=O)O)O[C@@H]1O. The molecule has 0 radical (unpaired) electrons. The van der Waals surface area contributed by atoms with Gasteiger partial charge < -0.3 is 30.1 Å². The van der Waals surface area contributed by atoms with Crippen molar-refractivity contribution in [3.63, 3.8) is 0 Å². The van der Waals surface area contributed by atoms with E-state index < -0.39 is 42.5 Å². The topological polar surface area (TPSA) is 125 Å². The first-order valence-corrected chi connectivity index (χ1v) is 4.92. The summed E-state index contributed by atoms with van der Waals surface area (Å²) in [5.74, 6) is -1.91. The zero-order valence-corrected chi connectivity index (χ0v) is 9.36. The van der Waals surface area contributed by atoms with Crippen LogP contribution in [0.2, 0.25) is 0 Å². The number of rotatable bonds is 3. The summed E-state index contributed by atoms with van der Waals surface area (Å²) in [5.41, 5.74) is 0. The van der Waals surface area contributed by atoms with Crippen molar-refractivity contribution in [2.75, 3.05) is 7.11 Å². The van der Waals surface area contributed by atoms with E-state index in [1.54, 1.807) is 0 Å². The number of hydrogen-bond donors (Lipinski definition) is 4. The van der Waals surface area contributed by atoms with Crippen LogP contribution in [0.25, 0.3) is 0 Å². The van der Waals surface area contributed by atoms with Gasteiger partial charge >= 0.3 is 5.97 Å². The van der Waals surface area contributed by atoms with Crippen LogP contribution in [0.5, 0.6) is 0 Å². The van der Waals surface area contributed by atoms with Gasteiger partial charge in [0.15, 0.2) is 12.4 Å². The lowest BCUT2D eigenvalue weighted by atomic mass is 9.96. The Morgan fingerprint density at radius 2 is 1.94 bits per heavy atom. The Hall–Kier alpha value is -1.22. The second kappa shape index (κ2) is 5.41. The molecule has 5 atom stereocenters. The van der Waals surface area contributed by atoms with Crippen molar-refractivity contribution in [1.82, 2.24) is 5.32 Å². The van der Waals surface area contributed by atoms with Crippen molar-refractivity contribution in [3.05, 3.63) is 0 Å². The largest absolute Gasteiger partial charge is 0.479 e. The van der Waals surface area contributed by atoms with Crippen molar-refractivity contribution in [1.29, 1.82) is 0 Å². The zero-order valence-electron chi connectivity index (χ0n) is 9.36. The lowest BCUT2D eigenvalue weighted by molar-refractivity contribution is -0.263. The number of carbonyl (C=O) groups is 2. The molecule has 1 aliphatic heterocycles. The number of methoxy groups -OCH3 is 1. The van der Waals surface area contributed by atoms with E-state index in [4.69, 9.17) is 14.6 Å². The summed E-state index contributed by atoms with van der Waals surface area (Å²) in [4.78, 5) is 21.8. The number of aliphatic hydroxyl groups excluding tert-OH is 2. The van der Waals surface area contributed by atoms with E-state index in [0.717, 1.165) is 0 Å². The highest BCUT2D eigenvalue weighted by molar-refractivity contribution is 5.77. The molecule has 17 heavy (non-hydrogen) atoms. The summed E-state index contributed by atoms with van der Waals surface area (Å²) in [6.07, 6.45) is -5.60. The number of nitrogens with one attached hydrogen (secondary N) is 1. The van der Waals surface area contributed by atoms with Gasteiger partial charge in [0.2, 0.25) is 5.91 Å². The molecule has 8 nitrogen and oxygen atoms in total. The molecule has 0 spiro atoms. The smallest absolute Gasteiger partial charge is 0.335 e. The van der Waals surface area contributed by atoms with E-state index in [0.29, 0.717) is 0 Å². The van der Waals surface area contributed by atoms with Gasteiger partial charge in [0, 0.05) is 14.0 Å². The minimum Gasteiger partial charge on any atom is -0.479 e. The van der Waals surface area contributed by atoms with Crippen LogP contribution < -0.4 is 5.32 Å². The molecule has 1 rings (SSSR count). The van der Waals surface area contributed by atoms with Gasteiger partial charge in [-0.2, -0.15) is 0 Å². The Kier molecular flexibility index (Phi) is 4.40. The van der Waals surface area contributed by atoms with Gasteiger partial charge in [-0.3, -0.25) is 4.79 Å². The van der Waals surface area contributed by atoms with Gasteiger partial charge in [0.25, 0.3) is 0 Å². The first kappa shape index (κ1) is 13.8. The molecular weight excluding hydrogens is 234 g/mol. The van der Waals surface area contributed by atoms with Crippen LogP contribution >= 0.6 is 0 Å². The van der Waals surface area contributed by atoms with Gasteiger partial charge in [-0.05, 0) is 0 Å². The Bertz CT molecular complexity index is 308. The normalized spacial score (nSPS) is 37.5. The van der Waals surface area contributed by atoms with Crippen LogP contribution in [0, 0.1) is 0 Å². The number of aliphatic carboxylic acids is 1. The van der Waals surface area contributed by atoms with E-state index in [-0.39, 0.29) is 0 Å². The maximum atomic E-state index is 10.9. The summed E-state index contributed by atoms with van der Waals surface area (Å²) in [6.45, 7) is 1.18. The van der Waals surface area contributed by atoms with E-state index in [1.165, 1.54) is 14.0 Å². The minimum absolute atomic E-state index is 0.518. The zero-order chi connectivity index (χ0) is 13.2. The molecule has 0 aromatic rings. The van der Waals surface area contributed by atoms with Gasteiger partial charge in [-0.15, -0.1) is 0 Å². The number of carboxylic acid groups (broad SMARTS) is 1. The van der Waals surface area contributed by atoms with Crippen LogP contribution in [0.4, 0.5) is 0 Å². The number of carboxylic acids is 1. The monoisotopic (exact) mass is 249 g/mol. The molecule has 4 N–H and O–H groups in total. The molecule has 0 aromatic heterocycles. The first-order valence-electron chi connectivity index (χ1n) is 4.92. The number of carbonyl (C=O) groups excluding carboxylic acids is 1. The van der Waals surface area contributed by atoms with E-state index in [1.807, 2.05) is 0 Å². The molecule has 1 heterocycles. The standard InChI is InChI=1S/C9H15NO7/c1-3(11)10-4-5(12)7(16-2)9(15)17-6(4)8(13)14/h4-7,9,12,15H,1-2H3,(H,10,11)(H,13,14)/t4-,5-,6-,7+,9+/m1/s1. The van der Waals surface area contributed by atoms with Crippen molar-refractivity contribution < 1.29 is 34.4 Å². The predicted molar refractivity (Wildman–Crippen MR) is 52.9 cm³/mol. The molecule has 1 amide bonds. The number of ether oxygens (including phenoxy) is 2. The van der Waals surface area contributed by atoms with E-state index in [2.05, 4.69) is 5.32 Å². The Labute approximate surface area is 97.1 Å². The fourth-order valence-corrected chi connectivity index (χ4v) is 1.73. The highest BCUT2D eigenvalue weighted by atomic mass is 16.7. The lowest BCUT2D eigenvalue weighted by Gasteiger charge is -2.40. The number of hydrogen-bond acceptors (Lipinski definition) is 6. The third kappa shape index (κ3) is 2.91. The third-order valence-electron chi connectivity index (χ3n) is 2.48. The van der Waals surface area contributed by atoms with Crippen molar-refractivity contribution >= 4 is 11.9 Å². The van der Waals surface area contributed by atoms with Crippen LogP contribution in [0.15, 0.2) is 0 Å². The summed E-state index contributed by atoms with van der Waals surface area (Å²) < 4.78 is 9.58. The summed E-state index contributed by atoms with van der Waals surface area (Å²) in [7, 11) is 1.23. The fraction of sp³-hybridized carbons (Fsp3) is 0.778. The maximum absolute atomic E-state index is 10.9. The lowest BCUT2D eigenvalue weighted by Crippen LogP contribution is -2.65. The molecule has 1 fully saturated rings. The van der Waals surface area contributed by atoms with Gasteiger partial charge in [-0.25, -0.2) is 4.79 Å². The molecule has 1 saturated heterocycles. The molecule has 1 aliphatic rings. The first-order chi connectivity index (χ1) is 7.88. The van der Waals surface area contributed by atoms with Gasteiger partial charge in [0.1, 0.15) is 12.2 Å². The average Bonchev–Trinajstić information content (AvgIpc) is 2.21. The molecule has 98 valence electrons. The van der Waals surface area contributed by atoms with E-state index in [9.17, 15) is 19.8 Å².